The molecule has 1 fully saturated rings. The van der Waals surface area contributed by atoms with Gasteiger partial charge in [-0.1, -0.05) is 23.8 Å². The van der Waals surface area contributed by atoms with Crippen molar-refractivity contribution in [2.24, 2.45) is 0 Å². The number of pyridine rings is 1. The lowest BCUT2D eigenvalue weighted by Gasteiger charge is -2.22. The molecule has 2 heterocycles. The van der Waals surface area contributed by atoms with Gasteiger partial charge in [-0.25, -0.2) is 0 Å². The largest absolute Gasteiger partial charge is 0.508 e. The SMILES string of the molecule is Oc1ccc2c(c1)C=Cc1cc(Br)cnc1C2=C1CCNCC1. The summed E-state index contributed by atoms with van der Waals surface area (Å²) in [5, 5.41) is 13.3. The number of aromatic nitrogens is 1. The van der Waals surface area contributed by atoms with Crippen LogP contribution in [0.2, 0.25) is 0 Å². The molecule has 0 radical (unpaired) electrons. The minimum absolute atomic E-state index is 0.295. The molecule has 1 aromatic heterocycles. The Morgan fingerprint density at radius 1 is 1.04 bits per heavy atom. The summed E-state index contributed by atoms with van der Waals surface area (Å²) in [6.45, 7) is 2.01. The summed E-state index contributed by atoms with van der Waals surface area (Å²) in [6.07, 6.45) is 8.08. The van der Waals surface area contributed by atoms with Crippen LogP contribution in [0, 0.1) is 0 Å². The fourth-order valence-electron chi connectivity index (χ4n) is 3.35. The predicted molar refractivity (Wildman–Crippen MR) is 97.1 cm³/mol. The summed E-state index contributed by atoms with van der Waals surface area (Å²) in [6, 6.07) is 7.71. The van der Waals surface area contributed by atoms with Crippen LogP contribution in [0.4, 0.5) is 0 Å². The van der Waals surface area contributed by atoms with Crippen LogP contribution < -0.4 is 5.32 Å². The van der Waals surface area contributed by atoms with Gasteiger partial charge >= 0.3 is 0 Å². The first-order valence-corrected chi connectivity index (χ1v) is 8.62. The molecule has 0 atom stereocenters. The molecule has 1 aliphatic carbocycles. The van der Waals surface area contributed by atoms with Crippen LogP contribution in [0.15, 0.2) is 40.5 Å². The number of rotatable bonds is 0. The van der Waals surface area contributed by atoms with Crippen LogP contribution in [0.1, 0.15) is 35.2 Å². The molecule has 116 valence electrons. The number of benzene rings is 1. The third-order valence-electron chi connectivity index (χ3n) is 4.43. The summed E-state index contributed by atoms with van der Waals surface area (Å²) < 4.78 is 0.976. The normalized spacial score (nSPS) is 16.7. The van der Waals surface area contributed by atoms with Gasteiger partial charge in [0.15, 0.2) is 0 Å². The first kappa shape index (κ1) is 14.7. The molecule has 0 unspecified atom stereocenters. The van der Waals surface area contributed by atoms with E-state index >= 15 is 0 Å². The Hall–Kier alpha value is -1.91. The van der Waals surface area contributed by atoms with Gasteiger partial charge in [0.25, 0.3) is 0 Å². The average molecular weight is 369 g/mol. The highest BCUT2D eigenvalue weighted by molar-refractivity contribution is 9.10. The molecule has 23 heavy (non-hydrogen) atoms. The average Bonchev–Trinajstić information content (AvgIpc) is 2.72. The summed E-state index contributed by atoms with van der Waals surface area (Å²) >= 11 is 3.52. The summed E-state index contributed by atoms with van der Waals surface area (Å²) in [5.74, 6) is 0.295. The van der Waals surface area contributed by atoms with Crippen LogP contribution in [-0.4, -0.2) is 23.2 Å². The Morgan fingerprint density at radius 3 is 2.65 bits per heavy atom. The molecule has 1 aliphatic heterocycles. The van der Waals surface area contributed by atoms with E-state index in [4.69, 9.17) is 4.98 Å². The van der Waals surface area contributed by atoms with Crippen molar-refractivity contribution in [3.8, 4) is 5.75 Å². The maximum absolute atomic E-state index is 9.85. The number of hydrogen-bond donors (Lipinski definition) is 2. The smallest absolute Gasteiger partial charge is 0.116 e. The standard InChI is InChI=1S/C19H17BrN2O/c20-15-9-14-2-1-13-10-16(23)3-4-17(13)18(19(14)22-11-15)12-5-7-21-8-6-12/h1-4,9-11,21,23H,5-8H2. The maximum atomic E-state index is 9.85. The second kappa shape index (κ2) is 5.95. The molecule has 2 aromatic rings. The molecule has 4 rings (SSSR count). The van der Waals surface area contributed by atoms with Crippen molar-refractivity contribution in [1.82, 2.24) is 10.3 Å². The zero-order valence-corrected chi connectivity index (χ0v) is 14.2. The van der Waals surface area contributed by atoms with E-state index in [1.54, 1.807) is 6.07 Å². The van der Waals surface area contributed by atoms with Gasteiger partial charge in [0.2, 0.25) is 0 Å². The van der Waals surface area contributed by atoms with E-state index in [0.717, 1.165) is 52.8 Å². The lowest BCUT2D eigenvalue weighted by molar-refractivity contribution is 0.475. The van der Waals surface area contributed by atoms with Gasteiger partial charge in [0.05, 0.1) is 5.69 Å². The van der Waals surface area contributed by atoms with Gasteiger partial charge in [0.1, 0.15) is 5.75 Å². The number of halogens is 1. The van der Waals surface area contributed by atoms with Crippen LogP contribution in [0.3, 0.4) is 0 Å². The monoisotopic (exact) mass is 368 g/mol. The van der Waals surface area contributed by atoms with E-state index in [9.17, 15) is 5.11 Å². The van der Waals surface area contributed by atoms with E-state index in [0.29, 0.717) is 5.75 Å². The quantitative estimate of drug-likeness (QED) is 0.624. The van der Waals surface area contributed by atoms with Gasteiger partial charge in [-0.05, 0) is 71.2 Å². The molecule has 1 aromatic carbocycles. The number of aromatic hydroxyl groups is 1. The van der Waals surface area contributed by atoms with Crippen LogP contribution >= 0.6 is 15.9 Å². The number of phenolic OH excluding ortho intramolecular Hbond substituents is 1. The predicted octanol–water partition coefficient (Wildman–Crippen LogP) is 4.22. The van der Waals surface area contributed by atoms with Crippen molar-refractivity contribution in [2.45, 2.75) is 12.8 Å². The molecule has 2 aliphatic rings. The van der Waals surface area contributed by atoms with Crippen molar-refractivity contribution in [1.29, 1.82) is 0 Å². The van der Waals surface area contributed by atoms with Gasteiger partial charge in [-0.2, -0.15) is 0 Å². The second-order valence-electron chi connectivity index (χ2n) is 5.92. The second-order valence-corrected chi connectivity index (χ2v) is 6.84. The van der Waals surface area contributed by atoms with E-state index in [1.807, 2.05) is 18.3 Å². The van der Waals surface area contributed by atoms with Gasteiger partial charge in [-0.15, -0.1) is 0 Å². The van der Waals surface area contributed by atoms with Crippen LogP contribution in [0.5, 0.6) is 5.75 Å². The highest BCUT2D eigenvalue weighted by Gasteiger charge is 2.21. The van der Waals surface area contributed by atoms with Crippen LogP contribution in [-0.2, 0) is 0 Å². The maximum Gasteiger partial charge on any atom is 0.116 e. The van der Waals surface area contributed by atoms with Crippen molar-refractivity contribution in [2.75, 3.05) is 13.1 Å². The van der Waals surface area contributed by atoms with Crippen molar-refractivity contribution >= 4 is 33.7 Å². The molecule has 0 amide bonds. The van der Waals surface area contributed by atoms with Crippen LogP contribution in [0.25, 0.3) is 17.7 Å². The number of phenols is 1. The Kier molecular flexibility index (Phi) is 3.79. The molecule has 0 spiro atoms. The first-order valence-electron chi connectivity index (χ1n) is 7.82. The fourth-order valence-corrected chi connectivity index (χ4v) is 3.70. The number of fused-ring (bicyclic) bond motifs is 2. The lowest BCUT2D eigenvalue weighted by atomic mass is 9.89. The zero-order chi connectivity index (χ0) is 15.8. The highest BCUT2D eigenvalue weighted by atomic mass is 79.9. The fraction of sp³-hybridized carbons (Fsp3) is 0.211. The van der Waals surface area contributed by atoms with E-state index in [1.165, 1.54) is 11.1 Å². The molecule has 4 heteroatoms. The minimum Gasteiger partial charge on any atom is -0.508 e. The number of piperidine rings is 1. The van der Waals surface area contributed by atoms with Gasteiger partial charge < -0.3 is 10.4 Å². The molecular weight excluding hydrogens is 352 g/mol. The molecule has 0 bridgehead atoms. The molecule has 2 N–H and O–H groups in total. The Bertz CT molecular complexity index is 774. The summed E-state index contributed by atoms with van der Waals surface area (Å²) in [7, 11) is 0. The lowest BCUT2D eigenvalue weighted by Crippen LogP contribution is -2.24. The summed E-state index contributed by atoms with van der Waals surface area (Å²) in [5.41, 5.74) is 7.01. The Labute approximate surface area is 143 Å². The molecule has 1 saturated heterocycles. The molecule has 0 saturated carbocycles. The van der Waals surface area contributed by atoms with E-state index in [-0.39, 0.29) is 0 Å². The number of nitrogens with zero attached hydrogens (tertiary/aromatic N) is 1. The van der Waals surface area contributed by atoms with E-state index in [2.05, 4.69) is 39.5 Å². The third-order valence-corrected chi connectivity index (χ3v) is 4.86. The number of hydrogen-bond acceptors (Lipinski definition) is 3. The topological polar surface area (TPSA) is 45.2 Å². The number of nitrogens with one attached hydrogen (secondary N) is 1. The van der Waals surface area contributed by atoms with Gasteiger partial charge in [0, 0.05) is 21.8 Å². The minimum atomic E-state index is 0.295. The van der Waals surface area contributed by atoms with Crippen molar-refractivity contribution < 1.29 is 5.11 Å². The Balaban J connectivity index is 2.01. The van der Waals surface area contributed by atoms with Crippen molar-refractivity contribution in [3.05, 3.63) is 62.9 Å². The molecular formula is C19H17BrN2O. The summed E-state index contributed by atoms with van der Waals surface area (Å²) in [4.78, 5) is 4.72. The first-order chi connectivity index (χ1) is 11.2. The Morgan fingerprint density at radius 2 is 1.83 bits per heavy atom. The van der Waals surface area contributed by atoms with Crippen molar-refractivity contribution in [3.63, 3.8) is 0 Å². The molecule has 3 nitrogen and oxygen atoms in total. The zero-order valence-electron chi connectivity index (χ0n) is 12.6. The van der Waals surface area contributed by atoms with Gasteiger partial charge in [-0.3, -0.25) is 4.98 Å². The third kappa shape index (κ3) is 2.73. The van der Waals surface area contributed by atoms with E-state index < -0.39 is 0 Å². The highest BCUT2D eigenvalue weighted by Crippen LogP contribution is 2.38.